The number of rotatable bonds is 5. The molecule has 0 saturated carbocycles. The van der Waals surface area contributed by atoms with Crippen molar-refractivity contribution >= 4 is 17.7 Å². The Labute approximate surface area is 169 Å². The third-order valence-corrected chi connectivity index (χ3v) is 7.23. The number of fused-ring (bicyclic) bond motifs is 1. The molecule has 2 unspecified atom stereocenters. The van der Waals surface area contributed by atoms with Crippen LogP contribution in [0.1, 0.15) is 31.9 Å². The number of thioether (sulfide) groups is 1. The van der Waals surface area contributed by atoms with Crippen molar-refractivity contribution in [1.82, 2.24) is 15.1 Å². The lowest BCUT2D eigenvalue weighted by molar-refractivity contribution is -0.133. The van der Waals surface area contributed by atoms with E-state index in [4.69, 9.17) is 9.47 Å². The molecule has 0 amide bonds. The first-order valence-corrected chi connectivity index (χ1v) is 10.7. The van der Waals surface area contributed by atoms with Gasteiger partial charge in [0.15, 0.2) is 11.5 Å². The largest absolute Gasteiger partial charge is 0.486 e. The molecule has 2 N–H and O–H groups in total. The molecule has 1 aromatic carbocycles. The molecule has 4 rings (SSSR count). The van der Waals surface area contributed by atoms with Crippen molar-refractivity contribution in [3.63, 3.8) is 0 Å². The highest BCUT2D eigenvalue weighted by atomic mass is 32.2. The fourth-order valence-corrected chi connectivity index (χ4v) is 5.22. The number of nitrogens with zero attached hydrogens (tertiary/aromatic N) is 2. The van der Waals surface area contributed by atoms with Gasteiger partial charge in [0.2, 0.25) is 0 Å². The molecule has 3 aliphatic heterocycles. The van der Waals surface area contributed by atoms with Crippen LogP contribution in [0.15, 0.2) is 29.3 Å². The normalized spacial score (nSPS) is 26.4. The van der Waals surface area contributed by atoms with Crippen LogP contribution < -0.4 is 14.8 Å². The standard InChI is InChI=1S/C20H27N3O4S/c1-3-20(21-16(13-28-20)19(24)25)23-8-6-22(7-9-23)14(2)15-4-5-17-18(12-15)27-11-10-26-17/h4-5,12-14,21H,3,6-11H2,1-2H3,(H,24,25). The van der Waals surface area contributed by atoms with E-state index >= 15 is 0 Å². The van der Waals surface area contributed by atoms with Gasteiger partial charge in [0, 0.05) is 37.6 Å². The molecule has 152 valence electrons. The SMILES string of the molecule is CCC1(N2CCN(C(C)c3ccc4c(c3)OCCO4)CC2)NC(C(=O)O)=CS1. The predicted molar refractivity (Wildman–Crippen MR) is 108 cm³/mol. The summed E-state index contributed by atoms with van der Waals surface area (Å²) in [4.78, 5) is 15.8. The molecule has 0 spiro atoms. The second-order valence-electron chi connectivity index (χ2n) is 7.32. The van der Waals surface area contributed by atoms with Crippen LogP contribution in [-0.4, -0.2) is 65.3 Å². The van der Waals surface area contributed by atoms with Crippen LogP contribution >= 0.6 is 11.8 Å². The van der Waals surface area contributed by atoms with E-state index in [0.717, 1.165) is 44.1 Å². The van der Waals surface area contributed by atoms with Crippen molar-refractivity contribution in [2.75, 3.05) is 39.4 Å². The minimum absolute atomic E-state index is 0.285. The summed E-state index contributed by atoms with van der Waals surface area (Å²) in [6.07, 6.45) is 0.836. The number of carboxylic acid groups (broad SMARTS) is 1. The maximum atomic E-state index is 11.3. The van der Waals surface area contributed by atoms with Crippen LogP contribution in [0.4, 0.5) is 0 Å². The number of hydrogen-bond acceptors (Lipinski definition) is 7. The van der Waals surface area contributed by atoms with E-state index in [-0.39, 0.29) is 11.0 Å². The van der Waals surface area contributed by atoms with Crippen molar-refractivity contribution in [2.45, 2.75) is 31.3 Å². The topological polar surface area (TPSA) is 74.3 Å². The maximum absolute atomic E-state index is 11.3. The third-order valence-electron chi connectivity index (χ3n) is 5.83. The van der Waals surface area contributed by atoms with Gasteiger partial charge < -0.3 is 19.9 Å². The Hall–Kier alpha value is -1.90. The second-order valence-corrected chi connectivity index (χ2v) is 8.47. The Morgan fingerprint density at radius 1 is 1.25 bits per heavy atom. The van der Waals surface area contributed by atoms with E-state index in [1.54, 1.807) is 17.2 Å². The zero-order valence-corrected chi connectivity index (χ0v) is 17.1. The number of carbonyl (C=O) groups is 1. The molecule has 0 aliphatic carbocycles. The van der Waals surface area contributed by atoms with Gasteiger partial charge in [0.05, 0.1) is 0 Å². The Morgan fingerprint density at radius 3 is 2.61 bits per heavy atom. The maximum Gasteiger partial charge on any atom is 0.352 e. The summed E-state index contributed by atoms with van der Waals surface area (Å²) in [5.74, 6) is 0.759. The summed E-state index contributed by atoms with van der Waals surface area (Å²) in [7, 11) is 0. The second kappa shape index (κ2) is 7.85. The molecule has 1 saturated heterocycles. The van der Waals surface area contributed by atoms with E-state index < -0.39 is 5.97 Å². The number of aliphatic carboxylic acids is 1. The monoisotopic (exact) mass is 405 g/mol. The van der Waals surface area contributed by atoms with Crippen molar-refractivity contribution in [1.29, 1.82) is 0 Å². The molecule has 7 nitrogen and oxygen atoms in total. The molecule has 0 radical (unpaired) electrons. The van der Waals surface area contributed by atoms with Crippen molar-refractivity contribution in [3.05, 3.63) is 34.9 Å². The van der Waals surface area contributed by atoms with E-state index in [1.165, 1.54) is 5.56 Å². The van der Waals surface area contributed by atoms with Gasteiger partial charge in [-0.25, -0.2) is 4.79 Å². The van der Waals surface area contributed by atoms with Crippen LogP contribution in [0, 0.1) is 0 Å². The number of carboxylic acids is 1. The highest BCUT2D eigenvalue weighted by molar-refractivity contribution is 8.03. The summed E-state index contributed by atoms with van der Waals surface area (Å²) in [5.41, 5.74) is 1.52. The van der Waals surface area contributed by atoms with Crippen molar-refractivity contribution in [3.8, 4) is 11.5 Å². The minimum atomic E-state index is -0.895. The van der Waals surface area contributed by atoms with Gasteiger partial charge in [-0.1, -0.05) is 24.8 Å². The fourth-order valence-electron chi connectivity index (χ4n) is 4.08. The Morgan fingerprint density at radius 2 is 1.96 bits per heavy atom. The molecule has 2 atom stereocenters. The number of piperazine rings is 1. The smallest absolute Gasteiger partial charge is 0.352 e. The first-order chi connectivity index (χ1) is 13.5. The summed E-state index contributed by atoms with van der Waals surface area (Å²) >= 11 is 1.58. The molecule has 3 heterocycles. The van der Waals surface area contributed by atoms with Crippen LogP contribution in [-0.2, 0) is 4.79 Å². The first-order valence-electron chi connectivity index (χ1n) is 9.80. The summed E-state index contributed by atoms with van der Waals surface area (Å²) in [6.45, 7) is 9.18. The van der Waals surface area contributed by atoms with E-state index in [1.807, 2.05) is 6.07 Å². The molecule has 8 heteroatoms. The Bertz CT molecular complexity index is 779. The van der Waals surface area contributed by atoms with Crippen LogP contribution in [0.25, 0.3) is 0 Å². The highest BCUT2D eigenvalue weighted by Gasteiger charge is 2.42. The van der Waals surface area contributed by atoms with Crippen LogP contribution in [0.5, 0.6) is 11.5 Å². The highest BCUT2D eigenvalue weighted by Crippen LogP contribution is 2.39. The Kier molecular flexibility index (Phi) is 5.44. The lowest BCUT2D eigenvalue weighted by Gasteiger charge is -2.46. The summed E-state index contributed by atoms with van der Waals surface area (Å²) < 4.78 is 11.3. The van der Waals surface area contributed by atoms with Gasteiger partial charge in [-0.3, -0.25) is 9.80 Å². The minimum Gasteiger partial charge on any atom is -0.486 e. The quantitative estimate of drug-likeness (QED) is 0.774. The fraction of sp³-hybridized carbons (Fsp3) is 0.550. The summed E-state index contributed by atoms with van der Waals surface area (Å²) in [6, 6.07) is 6.50. The average Bonchev–Trinajstić information content (AvgIpc) is 3.19. The predicted octanol–water partition coefficient (Wildman–Crippen LogP) is 2.46. The third kappa shape index (κ3) is 3.56. The molecular weight excluding hydrogens is 378 g/mol. The molecule has 0 bridgehead atoms. The zero-order valence-electron chi connectivity index (χ0n) is 16.3. The number of nitrogens with one attached hydrogen (secondary N) is 1. The first kappa shape index (κ1) is 19.4. The van der Waals surface area contributed by atoms with Gasteiger partial charge in [0.1, 0.15) is 23.9 Å². The molecule has 3 aliphatic rings. The molecule has 1 aromatic rings. The van der Waals surface area contributed by atoms with E-state index in [0.29, 0.717) is 18.9 Å². The average molecular weight is 406 g/mol. The van der Waals surface area contributed by atoms with Gasteiger partial charge in [-0.05, 0) is 31.0 Å². The lowest BCUT2D eigenvalue weighted by Crippen LogP contribution is -2.60. The van der Waals surface area contributed by atoms with Crippen LogP contribution in [0.3, 0.4) is 0 Å². The molecule has 28 heavy (non-hydrogen) atoms. The Balaban J connectivity index is 1.39. The van der Waals surface area contributed by atoms with E-state index in [9.17, 15) is 9.90 Å². The van der Waals surface area contributed by atoms with Crippen molar-refractivity contribution in [2.24, 2.45) is 0 Å². The van der Waals surface area contributed by atoms with E-state index in [2.05, 4.69) is 41.1 Å². The van der Waals surface area contributed by atoms with Gasteiger partial charge in [-0.2, -0.15) is 0 Å². The van der Waals surface area contributed by atoms with Gasteiger partial charge >= 0.3 is 5.97 Å². The summed E-state index contributed by atoms with van der Waals surface area (Å²) in [5, 5.41) is 14.2. The lowest BCUT2D eigenvalue weighted by atomic mass is 10.0. The molecule has 0 aromatic heterocycles. The van der Waals surface area contributed by atoms with Crippen molar-refractivity contribution < 1.29 is 19.4 Å². The van der Waals surface area contributed by atoms with Gasteiger partial charge in [0.25, 0.3) is 0 Å². The van der Waals surface area contributed by atoms with Crippen LogP contribution in [0.2, 0.25) is 0 Å². The zero-order chi connectivity index (χ0) is 19.7. The van der Waals surface area contributed by atoms with Gasteiger partial charge in [-0.15, -0.1) is 0 Å². The molecular formula is C20H27N3O4S. The number of hydrogen-bond donors (Lipinski definition) is 2. The number of ether oxygens (including phenoxy) is 2. The number of benzene rings is 1. The molecule has 1 fully saturated rings.